The van der Waals surface area contributed by atoms with Crippen LogP contribution in [-0.4, -0.2) is 58.8 Å². The molecule has 5 heteroatoms. The Morgan fingerprint density at radius 1 is 1.04 bits per heavy atom. The highest BCUT2D eigenvalue weighted by Gasteiger charge is 2.32. The predicted molar refractivity (Wildman–Crippen MR) is 96.9 cm³/mol. The summed E-state index contributed by atoms with van der Waals surface area (Å²) in [4.78, 5) is 29.3. The second-order valence-corrected chi connectivity index (χ2v) is 8.04. The topological polar surface area (TPSA) is 45.6 Å². The number of nitrogens with zero attached hydrogens (tertiary/aromatic N) is 3. The largest absolute Gasteiger partial charge is 0.345 e. The summed E-state index contributed by atoms with van der Waals surface area (Å²) in [5.74, 6) is 0.838. The molecule has 0 spiro atoms. The number of aryl methyl sites for hydroxylation is 1. The van der Waals surface area contributed by atoms with Gasteiger partial charge in [-0.3, -0.25) is 14.5 Å². The lowest BCUT2D eigenvalue weighted by atomic mass is 9.84. The summed E-state index contributed by atoms with van der Waals surface area (Å²) in [7, 11) is 0. The standard InChI is InChI=1S/C20H29N3O2/c1-14-12-18(15(2)23(14)17-6-7-17)19(24)13-21-8-10-22(11-9-21)20(25)16-4-3-5-16/h12,16-17H,3-11,13H2,1-2H3. The minimum Gasteiger partial charge on any atom is -0.345 e. The van der Waals surface area contributed by atoms with Crippen molar-refractivity contribution in [2.45, 2.75) is 52.0 Å². The van der Waals surface area contributed by atoms with Crippen molar-refractivity contribution in [2.75, 3.05) is 32.7 Å². The number of hydrogen-bond acceptors (Lipinski definition) is 3. The first-order valence-electron chi connectivity index (χ1n) is 9.77. The van der Waals surface area contributed by atoms with Gasteiger partial charge in [0.15, 0.2) is 5.78 Å². The summed E-state index contributed by atoms with van der Waals surface area (Å²) in [6.07, 6.45) is 5.80. The van der Waals surface area contributed by atoms with Gasteiger partial charge in [0.25, 0.3) is 0 Å². The van der Waals surface area contributed by atoms with Crippen LogP contribution in [0.4, 0.5) is 0 Å². The molecule has 3 fully saturated rings. The van der Waals surface area contributed by atoms with Crippen LogP contribution in [0.25, 0.3) is 0 Å². The van der Waals surface area contributed by atoms with Crippen LogP contribution in [-0.2, 0) is 4.79 Å². The lowest BCUT2D eigenvalue weighted by Gasteiger charge is -2.38. The lowest BCUT2D eigenvalue weighted by molar-refractivity contribution is -0.139. The SMILES string of the molecule is Cc1cc(C(=O)CN2CCN(C(=O)C3CCC3)CC2)c(C)n1C1CC1. The molecule has 1 saturated heterocycles. The third kappa shape index (κ3) is 3.26. The summed E-state index contributed by atoms with van der Waals surface area (Å²) >= 11 is 0. The molecule has 2 saturated carbocycles. The van der Waals surface area contributed by atoms with Gasteiger partial charge in [-0.05, 0) is 45.6 Å². The number of carbonyl (C=O) groups excluding carboxylic acids is 2. The van der Waals surface area contributed by atoms with Gasteiger partial charge in [-0.25, -0.2) is 0 Å². The molecular formula is C20H29N3O2. The van der Waals surface area contributed by atoms with Crippen molar-refractivity contribution in [3.63, 3.8) is 0 Å². The van der Waals surface area contributed by atoms with Crippen LogP contribution < -0.4 is 0 Å². The number of rotatable bonds is 5. The van der Waals surface area contributed by atoms with E-state index >= 15 is 0 Å². The number of hydrogen-bond donors (Lipinski definition) is 0. The Labute approximate surface area is 150 Å². The second kappa shape index (κ2) is 6.60. The Hall–Kier alpha value is -1.62. The average Bonchev–Trinajstić information content (AvgIpc) is 3.31. The molecule has 0 radical (unpaired) electrons. The summed E-state index contributed by atoms with van der Waals surface area (Å²) in [6.45, 7) is 7.81. The van der Waals surface area contributed by atoms with Crippen LogP contribution in [0.15, 0.2) is 6.07 Å². The van der Waals surface area contributed by atoms with E-state index < -0.39 is 0 Å². The van der Waals surface area contributed by atoms with Crippen molar-refractivity contribution in [3.05, 3.63) is 23.0 Å². The number of ketones is 1. The molecule has 1 aliphatic heterocycles. The number of amides is 1. The Balaban J connectivity index is 1.33. The van der Waals surface area contributed by atoms with Crippen LogP contribution in [0.3, 0.4) is 0 Å². The molecule has 2 aliphatic carbocycles. The van der Waals surface area contributed by atoms with Gasteiger partial charge in [0.2, 0.25) is 5.91 Å². The fourth-order valence-corrected chi connectivity index (χ4v) is 4.28. The van der Waals surface area contributed by atoms with E-state index in [1.165, 1.54) is 25.0 Å². The minimum atomic E-state index is 0.221. The maximum atomic E-state index is 12.8. The van der Waals surface area contributed by atoms with E-state index in [1.54, 1.807) is 0 Å². The Morgan fingerprint density at radius 3 is 2.28 bits per heavy atom. The Morgan fingerprint density at radius 2 is 1.72 bits per heavy atom. The van der Waals surface area contributed by atoms with Gasteiger partial charge in [-0.15, -0.1) is 0 Å². The molecule has 1 amide bonds. The van der Waals surface area contributed by atoms with Crippen LogP contribution in [0.5, 0.6) is 0 Å². The first-order chi connectivity index (χ1) is 12.0. The second-order valence-electron chi connectivity index (χ2n) is 8.04. The zero-order valence-electron chi connectivity index (χ0n) is 15.5. The molecule has 0 atom stereocenters. The highest BCUT2D eigenvalue weighted by Crippen LogP contribution is 2.38. The first-order valence-corrected chi connectivity index (χ1v) is 9.77. The molecule has 5 nitrogen and oxygen atoms in total. The van der Waals surface area contributed by atoms with Crippen LogP contribution >= 0.6 is 0 Å². The predicted octanol–water partition coefficient (Wildman–Crippen LogP) is 2.57. The first kappa shape index (κ1) is 16.8. The molecule has 3 aliphatic rings. The van der Waals surface area contributed by atoms with E-state index in [0.29, 0.717) is 18.5 Å². The monoisotopic (exact) mass is 343 g/mol. The van der Waals surface area contributed by atoms with Gasteiger partial charge in [-0.1, -0.05) is 6.42 Å². The van der Waals surface area contributed by atoms with Gasteiger partial charge in [-0.2, -0.15) is 0 Å². The highest BCUT2D eigenvalue weighted by atomic mass is 16.2. The number of carbonyl (C=O) groups is 2. The van der Waals surface area contributed by atoms with E-state index in [-0.39, 0.29) is 11.7 Å². The van der Waals surface area contributed by atoms with Crippen molar-refractivity contribution >= 4 is 11.7 Å². The summed E-state index contributed by atoms with van der Waals surface area (Å²) in [6, 6.07) is 2.68. The van der Waals surface area contributed by atoms with Gasteiger partial charge in [0, 0.05) is 55.1 Å². The van der Waals surface area contributed by atoms with Crippen molar-refractivity contribution in [1.82, 2.24) is 14.4 Å². The third-order valence-electron chi connectivity index (χ3n) is 6.20. The average molecular weight is 343 g/mol. The van der Waals surface area contributed by atoms with Gasteiger partial charge in [0.1, 0.15) is 0 Å². The van der Waals surface area contributed by atoms with E-state index in [2.05, 4.69) is 29.4 Å². The number of aromatic nitrogens is 1. The molecule has 2 heterocycles. The molecule has 0 unspecified atom stereocenters. The minimum absolute atomic E-state index is 0.221. The van der Waals surface area contributed by atoms with E-state index in [4.69, 9.17) is 0 Å². The number of Topliss-reactive ketones (excluding diaryl/α,β-unsaturated/α-hetero) is 1. The van der Waals surface area contributed by atoms with Gasteiger partial charge < -0.3 is 9.47 Å². The molecule has 1 aromatic rings. The molecule has 0 N–H and O–H groups in total. The van der Waals surface area contributed by atoms with Gasteiger partial charge in [0.05, 0.1) is 6.54 Å². The normalized spacial score (nSPS) is 22.1. The highest BCUT2D eigenvalue weighted by molar-refractivity contribution is 5.99. The van der Waals surface area contributed by atoms with E-state index in [1.807, 2.05) is 4.90 Å². The van der Waals surface area contributed by atoms with Crippen molar-refractivity contribution in [1.29, 1.82) is 0 Å². The van der Waals surface area contributed by atoms with Crippen LogP contribution in [0, 0.1) is 19.8 Å². The fourth-order valence-electron chi connectivity index (χ4n) is 4.28. The molecular weight excluding hydrogens is 314 g/mol. The van der Waals surface area contributed by atoms with Crippen LogP contribution in [0.2, 0.25) is 0 Å². The Kier molecular flexibility index (Phi) is 4.44. The maximum Gasteiger partial charge on any atom is 0.225 e. The lowest BCUT2D eigenvalue weighted by Crippen LogP contribution is -2.52. The van der Waals surface area contributed by atoms with Crippen molar-refractivity contribution in [2.24, 2.45) is 5.92 Å². The Bertz CT molecular complexity index is 677. The molecule has 25 heavy (non-hydrogen) atoms. The zero-order valence-corrected chi connectivity index (χ0v) is 15.5. The molecule has 0 aromatic carbocycles. The molecule has 136 valence electrons. The van der Waals surface area contributed by atoms with E-state index in [9.17, 15) is 9.59 Å². The molecule has 0 bridgehead atoms. The maximum absolute atomic E-state index is 12.8. The smallest absolute Gasteiger partial charge is 0.225 e. The van der Waals surface area contributed by atoms with Crippen LogP contribution in [0.1, 0.15) is 59.9 Å². The van der Waals surface area contributed by atoms with E-state index in [0.717, 1.165) is 50.3 Å². The van der Waals surface area contributed by atoms with Gasteiger partial charge >= 0.3 is 0 Å². The summed E-state index contributed by atoms with van der Waals surface area (Å²) < 4.78 is 2.34. The van der Waals surface area contributed by atoms with Crippen molar-refractivity contribution in [3.8, 4) is 0 Å². The molecule has 1 aromatic heterocycles. The third-order valence-corrected chi connectivity index (χ3v) is 6.20. The zero-order chi connectivity index (χ0) is 17.6. The summed E-state index contributed by atoms with van der Waals surface area (Å²) in [5, 5.41) is 0. The summed E-state index contributed by atoms with van der Waals surface area (Å²) in [5.41, 5.74) is 3.22. The number of piperazine rings is 1. The van der Waals surface area contributed by atoms with Crippen molar-refractivity contribution < 1.29 is 9.59 Å². The molecule has 4 rings (SSSR count). The quantitative estimate of drug-likeness (QED) is 0.772. The fraction of sp³-hybridized carbons (Fsp3) is 0.700.